The van der Waals surface area contributed by atoms with E-state index >= 15 is 0 Å². The highest BCUT2D eigenvalue weighted by Crippen LogP contribution is 2.24. The molecule has 2 N–H and O–H groups in total. The highest BCUT2D eigenvalue weighted by molar-refractivity contribution is 5.25. The average Bonchev–Trinajstić information content (AvgIpc) is 2.55. The van der Waals surface area contributed by atoms with Gasteiger partial charge in [-0.05, 0) is 35.6 Å². The molecule has 0 aliphatic carbocycles. The Morgan fingerprint density at radius 2 is 1.86 bits per heavy atom. The number of benzene rings is 1. The third kappa shape index (κ3) is 4.39. The SMILES string of the molecule is CC(NCC(c1cccnc1)C(C)C)c1cccc(CO)c1. The van der Waals surface area contributed by atoms with Crippen LogP contribution in [0.4, 0.5) is 0 Å². The number of aromatic nitrogens is 1. The lowest BCUT2D eigenvalue weighted by Gasteiger charge is -2.24. The lowest BCUT2D eigenvalue weighted by atomic mass is 9.89. The van der Waals surface area contributed by atoms with Crippen LogP contribution in [0.5, 0.6) is 0 Å². The van der Waals surface area contributed by atoms with E-state index in [1.807, 2.05) is 30.6 Å². The second-order valence-electron chi connectivity index (χ2n) is 6.17. The molecule has 0 amide bonds. The predicted molar refractivity (Wildman–Crippen MR) is 90.6 cm³/mol. The van der Waals surface area contributed by atoms with E-state index in [4.69, 9.17) is 0 Å². The zero-order valence-corrected chi connectivity index (χ0v) is 13.7. The molecular weight excluding hydrogens is 272 g/mol. The van der Waals surface area contributed by atoms with Crippen LogP contribution in [0.25, 0.3) is 0 Å². The first-order valence-electron chi connectivity index (χ1n) is 7.94. The number of aliphatic hydroxyl groups excluding tert-OH is 1. The molecule has 1 aromatic carbocycles. The lowest BCUT2D eigenvalue weighted by molar-refractivity contribution is 0.281. The van der Waals surface area contributed by atoms with Crippen molar-refractivity contribution in [3.63, 3.8) is 0 Å². The molecular formula is C19H26N2O. The highest BCUT2D eigenvalue weighted by atomic mass is 16.3. The maximum absolute atomic E-state index is 9.26. The zero-order valence-electron chi connectivity index (χ0n) is 13.7. The number of hydrogen-bond donors (Lipinski definition) is 2. The number of aliphatic hydroxyl groups is 1. The number of rotatable bonds is 7. The summed E-state index contributed by atoms with van der Waals surface area (Å²) >= 11 is 0. The summed E-state index contributed by atoms with van der Waals surface area (Å²) in [6.07, 6.45) is 3.78. The van der Waals surface area contributed by atoms with E-state index < -0.39 is 0 Å². The van der Waals surface area contributed by atoms with Crippen molar-refractivity contribution in [3.8, 4) is 0 Å². The molecule has 2 rings (SSSR count). The van der Waals surface area contributed by atoms with Crippen LogP contribution in [0, 0.1) is 5.92 Å². The molecule has 3 heteroatoms. The van der Waals surface area contributed by atoms with E-state index in [1.165, 1.54) is 11.1 Å². The first kappa shape index (κ1) is 16.7. The van der Waals surface area contributed by atoms with E-state index in [0.29, 0.717) is 11.8 Å². The summed E-state index contributed by atoms with van der Waals surface area (Å²) in [4.78, 5) is 4.24. The fourth-order valence-electron chi connectivity index (χ4n) is 2.72. The quantitative estimate of drug-likeness (QED) is 0.820. The minimum Gasteiger partial charge on any atom is -0.392 e. The predicted octanol–water partition coefficient (Wildman–Crippen LogP) is 3.66. The van der Waals surface area contributed by atoms with Gasteiger partial charge in [0, 0.05) is 30.9 Å². The summed E-state index contributed by atoms with van der Waals surface area (Å²) < 4.78 is 0. The van der Waals surface area contributed by atoms with Gasteiger partial charge in [0.2, 0.25) is 0 Å². The molecule has 0 aliphatic rings. The summed E-state index contributed by atoms with van der Waals surface area (Å²) in [5.74, 6) is 0.991. The molecule has 118 valence electrons. The Kier molecular flexibility index (Phi) is 6.10. The second-order valence-corrected chi connectivity index (χ2v) is 6.17. The molecule has 2 atom stereocenters. The van der Waals surface area contributed by atoms with Gasteiger partial charge in [0.05, 0.1) is 6.61 Å². The Balaban J connectivity index is 2.03. The topological polar surface area (TPSA) is 45.2 Å². The summed E-state index contributed by atoms with van der Waals surface area (Å²) in [5, 5.41) is 12.9. The van der Waals surface area contributed by atoms with Crippen LogP contribution in [-0.2, 0) is 6.61 Å². The molecule has 22 heavy (non-hydrogen) atoms. The molecule has 0 fully saturated rings. The van der Waals surface area contributed by atoms with Crippen LogP contribution >= 0.6 is 0 Å². The monoisotopic (exact) mass is 298 g/mol. The summed E-state index contributed by atoms with van der Waals surface area (Å²) in [7, 11) is 0. The third-order valence-corrected chi connectivity index (χ3v) is 4.19. The van der Waals surface area contributed by atoms with Crippen molar-refractivity contribution >= 4 is 0 Å². The standard InChI is InChI=1S/C19H26N2O/c1-14(2)19(18-8-5-9-20-11-18)12-21-15(3)17-7-4-6-16(10-17)13-22/h4-11,14-15,19,21-22H,12-13H2,1-3H3. The fraction of sp³-hybridized carbons (Fsp3) is 0.421. The van der Waals surface area contributed by atoms with E-state index in [-0.39, 0.29) is 12.6 Å². The molecule has 0 bridgehead atoms. The van der Waals surface area contributed by atoms with Gasteiger partial charge in [-0.2, -0.15) is 0 Å². The van der Waals surface area contributed by atoms with Gasteiger partial charge in [0.15, 0.2) is 0 Å². The number of nitrogens with one attached hydrogen (secondary N) is 1. The van der Waals surface area contributed by atoms with Crippen LogP contribution < -0.4 is 5.32 Å². The Hall–Kier alpha value is -1.71. The Morgan fingerprint density at radius 3 is 2.50 bits per heavy atom. The smallest absolute Gasteiger partial charge is 0.0681 e. The number of hydrogen-bond acceptors (Lipinski definition) is 3. The van der Waals surface area contributed by atoms with Crippen molar-refractivity contribution in [1.82, 2.24) is 10.3 Å². The van der Waals surface area contributed by atoms with Gasteiger partial charge in [0.1, 0.15) is 0 Å². The summed E-state index contributed by atoms with van der Waals surface area (Å²) in [6, 6.07) is 12.5. The van der Waals surface area contributed by atoms with Crippen molar-refractivity contribution in [1.29, 1.82) is 0 Å². The molecule has 0 spiro atoms. The largest absolute Gasteiger partial charge is 0.392 e. The van der Waals surface area contributed by atoms with Crippen molar-refractivity contribution in [2.75, 3.05) is 6.54 Å². The van der Waals surface area contributed by atoms with Gasteiger partial charge in [-0.25, -0.2) is 0 Å². The van der Waals surface area contributed by atoms with Crippen molar-refractivity contribution < 1.29 is 5.11 Å². The minimum atomic E-state index is 0.0882. The molecule has 3 nitrogen and oxygen atoms in total. The Bertz CT molecular complexity index is 569. The highest BCUT2D eigenvalue weighted by Gasteiger charge is 2.17. The molecule has 0 saturated heterocycles. The average molecular weight is 298 g/mol. The lowest BCUT2D eigenvalue weighted by Crippen LogP contribution is -2.27. The van der Waals surface area contributed by atoms with E-state index in [0.717, 1.165) is 12.1 Å². The van der Waals surface area contributed by atoms with Crippen molar-refractivity contribution in [2.45, 2.75) is 39.3 Å². The maximum Gasteiger partial charge on any atom is 0.0681 e. The zero-order chi connectivity index (χ0) is 15.9. The minimum absolute atomic E-state index is 0.0882. The first-order chi connectivity index (χ1) is 10.6. The molecule has 0 radical (unpaired) electrons. The third-order valence-electron chi connectivity index (χ3n) is 4.19. The van der Waals surface area contributed by atoms with Gasteiger partial charge in [0.25, 0.3) is 0 Å². The van der Waals surface area contributed by atoms with Gasteiger partial charge < -0.3 is 10.4 Å². The summed E-state index contributed by atoms with van der Waals surface area (Å²) in [5.41, 5.74) is 3.44. The van der Waals surface area contributed by atoms with Gasteiger partial charge in [-0.3, -0.25) is 4.98 Å². The van der Waals surface area contributed by atoms with Crippen LogP contribution in [-0.4, -0.2) is 16.6 Å². The first-order valence-corrected chi connectivity index (χ1v) is 7.94. The van der Waals surface area contributed by atoms with Crippen LogP contribution in [0.1, 0.15) is 49.4 Å². The molecule has 1 heterocycles. The van der Waals surface area contributed by atoms with E-state index in [2.05, 4.69) is 49.3 Å². The Morgan fingerprint density at radius 1 is 1.09 bits per heavy atom. The number of nitrogens with zero attached hydrogens (tertiary/aromatic N) is 1. The van der Waals surface area contributed by atoms with Crippen molar-refractivity contribution in [2.24, 2.45) is 5.92 Å². The Labute approximate surface area is 133 Å². The van der Waals surface area contributed by atoms with E-state index in [9.17, 15) is 5.11 Å². The number of pyridine rings is 1. The van der Waals surface area contributed by atoms with Gasteiger partial charge in [-0.1, -0.05) is 44.2 Å². The van der Waals surface area contributed by atoms with Gasteiger partial charge in [-0.15, -0.1) is 0 Å². The van der Waals surface area contributed by atoms with Crippen LogP contribution in [0.3, 0.4) is 0 Å². The second kappa shape index (κ2) is 8.06. The fourth-order valence-corrected chi connectivity index (χ4v) is 2.72. The molecule has 2 aromatic rings. The summed E-state index contributed by atoms with van der Waals surface area (Å²) in [6.45, 7) is 7.66. The van der Waals surface area contributed by atoms with Crippen LogP contribution in [0.15, 0.2) is 48.8 Å². The molecule has 1 aromatic heterocycles. The van der Waals surface area contributed by atoms with E-state index in [1.54, 1.807) is 0 Å². The maximum atomic E-state index is 9.26. The molecule has 2 unspecified atom stereocenters. The molecule has 0 aliphatic heterocycles. The van der Waals surface area contributed by atoms with Crippen molar-refractivity contribution in [3.05, 3.63) is 65.5 Å². The normalized spacial score (nSPS) is 14.0. The van der Waals surface area contributed by atoms with Gasteiger partial charge >= 0.3 is 0 Å². The molecule has 0 saturated carbocycles. The van der Waals surface area contributed by atoms with Crippen LogP contribution in [0.2, 0.25) is 0 Å².